The van der Waals surface area contributed by atoms with Crippen molar-refractivity contribution in [3.63, 3.8) is 0 Å². The Kier molecular flexibility index (Phi) is 1.85. The maximum Gasteiger partial charge on any atom is 0.331 e. The molecule has 0 radical (unpaired) electrons. The number of aliphatic carboxylic acids is 1. The summed E-state index contributed by atoms with van der Waals surface area (Å²) < 4.78 is 0. The molecule has 0 aromatic carbocycles. The van der Waals surface area contributed by atoms with Crippen LogP contribution in [0.25, 0.3) is 6.08 Å². The van der Waals surface area contributed by atoms with Gasteiger partial charge in [0.1, 0.15) is 0 Å². The van der Waals surface area contributed by atoms with Crippen LogP contribution in [-0.4, -0.2) is 16.1 Å². The molecule has 0 bridgehead atoms. The van der Waals surface area contributed by atoms with Crippen molar-refractivity contribution in [3.8, 4) is 0 Å². The molecule has 1 aliphatic rings. The summed E-state index contributed by atoms with van der Waals surface area (Å²) in [5, 5.41) is 8.78. The standard InChI is InChI=1S/C10H9NO2/c12-10(13)8-1-2-9-6-11-4-3-7(9)5-8/h3-6H,1-2H2,(H,12,13). The van der Waals surface area contributed by atoms with Gasteiger partial charge in [0.05, 0.1) is 0 Å². The maximum absolute atomic E-state index is 10.7. The van der Waals surface area contributed by atoms with Crippen LogP contribution in [0.2, 0.25) is 0 Å². The van der Waals surface area contributed by atoms with Gasteiger partial charge in [-0.25, -0.2) is 4.79 Å². The quantitative estimate of drug-likeness (QED) is 0.703. The number of aryl methyl sites for hydroxylation is 1. The van der Waals surface area contributed by atoms with Crippen LogP contribution in [0.5, 0.6) is 0 Å². The van der Waals surface area contributed by atoms with Crippen LogP contribution in [0.3, 0.4) is 0 Å². The van der Waals surface area contributed by atoms with E-state index in [1.807, 2.05) is 6.07 Å². The molecule has 0 atom stereocenters. The summed E-state index contributed by atoms with van der Waals surface area (Å²) in [5.74, 6) is -0.817. The van der Waals surface area contributed by atoms with Crippen LogP contribution < -0.4 is 0 Å². The van der Waals surface area contributed by atoms with Crippen molar-refractivity contribution in [1.29, 1.82) is 0 Å². The van der Waals surface area contributed by atoms with Crippen molar-refractivity contribution < 1.29 is 9.90 Å². The molecule has 1 aromatic heterocycles. The van der Waals surface area contributed by atoms with E-state index in [1.54, 1.807) is 18.5 Å². The maximum atomic E-state index is 10.7. The lowest BCUT2D eigenvalue weighted by molar-refractivity contribution is -0.132. The summed E-state index contributed by atoms with van der Waals surface area (Å²) in [6.45, 7) is 0. The first-order valence-electron chi connectivity index (χ1n) is 4.14. The van der Waals surface area contributed by atoms with Gasteiger partial charge in [-0.15, -0.1) is 0 Å². The largest absolute Gasteiger partial charge is 0.478 e. The Hall–Kier alpha value is -1.64. The van der Waals surface area contributed by atoms with Crippen LogP contribution in [0.1, 0.15) is 17.5 Å². The van der Waals surface area contributed by atoms with Crippen LogP contribution >= 0.6 is 0 Å². The van der Waals surface area contributed by atoms with Crippen molar-refractivity contribution in [2.75, 3.05) is 0 Å². The zero-order valence-corrected chi connectivity index (χ0v) is 7.03. The number of aromatic nitrogens is 1. The highest BCUT2D eigenvalue weighted by Gasteiger charge is 2.14. The monoisotopic (exact) mass is 175 g/mol. The van der Waals surface area contributed by atoms with Gasteiger partial charge >= 0.3 is 5.97 Å². The van der Waals surface area contributed by atoms with Gasteiger partial charge in [0.25, 0.3) is 0 Å². The van der Waals surface area contributed by atoms with Crippen LogP contribution in [0.15, 0.2) is 24.0 Å². The zero-order chi connectivity index (χ0) is 9.26. The second kappa shape index (κ2) is 3.01. The Morgan fingerprint density at radius 1 is 1.46 bits per heavy atom. The highest BCUT2D eigenvalue weighted by atomic mass is 16.4. The fourth-order valence-electron chi connectivity index (χ4n) is 1.49. The molecule has 1 heterocycles. The Balaban J connectivity index is 2.44. The average Bonchev–Trinajstić information content (AvgIpc) is 2.17. The molecule has 3 heteroatoms. The van der Waals surface area contributed by atoms with Gasteiger partial charge in [0, 0.05) is 18.0 Å². The van der Waals surface area contributed by atoms with Crippen molar-refractivity contribution in [2.24, 2.45) is 0 Å². The second-order valence-corrected chi connectivity index (χ2v) is 3.05. The fraction of sp³-hybridized carbons (Fsp3) is 0.200. The lowest BCUT2D eigenvalue weighted by Crippen LogP contribution is -2.07. The molecule has 0 aliphatic heterocycles. The fourth-order valence-corrected chi connectivity index (χ4v) is 1.49. The van der Waals surface area contributed by atoms with Crippen molar-refractivity contribution in [3.05, 3.63) is 35.2 Å². The summed E-state index contributed by atoms with van der Waals surface area (Å²) in [6, 6.07) is 1.84. The molecular weight excluding hydrogens is 166 g/mol. The van der Waals surface area contributed by atoms with E-state index in [-0.39, 0.29) is 0 Å². The molecule has 0 unspecified atom stereocenters. The lowest BCUT2D eigenvalue weighted by Gasteiger charge is -2.12. The summed E-state index contributed by atoms with van der Waals surface area (Å²) in [6.07, 6.45) is 6.59. The van der Waals surface area contributed by atoms with Gasteiger partial charge in [0.15, 0.2) is 0 Å². The SMILES string of the molecule is O=C(O)C1=Cc2ccncc2CC1. The number of carboxylic acids is 1. The number of carbonyl (C=O) groups is 1. The summed E-state index contributed by atoms with van der Waals surface area (Å²) >= 11 is 0. The minimum atomic E-state index is -0.817. The number of carboxylic acid groups (broad SMARTS) is 1. The smallest absolute Gasteiger partial charge is 0.331 e. The molecule has 2 rings (SSSR count). The number of hydrogen-bond acceptors (Lipinski definition) is 2. The van der Waals surface area contributed by atoms with Gasteiger partial charge < -0.3 is 5.11 Å². The number of nitrogens with zero attached hydrogens (tertiary/aromatic N) is 1. The third-order valence-electron chi connectivity index (χ3n) is 2.21. The molecule has 0 fully saturated rings. The normalized spacial score (nSPS) is 14.6. The van der Waals surface area contributed by atoms with E-state index in [9.17, 15) is 4.79 Å². The highest BCUT2D eigenvalue weighted by molar-refractivity contribution is 5.93. The molecule has 0 saturated carbocycles. The Bertz CT molecular complexity index is 382. The second-order valence-electron chi connectivity index (χ2n) is 3.05. The first kappa shape index (κ1) is 7.98. The first-order valence-corrected chi connectivity index (χ1v) is 4.14. The Morgan fingerprint density at radius 2 is 2.31 bits per heavy atom. The van der Waals surface area contributed by atoms with Crippen LogP contribution in [-0.2, 0) is 11.2 Å². The van der Waals surface area contributed by atoms with E-state index in [0.29, 0.717) is 12.0 Å². The minimum Gasteiger partial charge on any atom is -0.478 e. The average molecular weight is 175 g/mol. The van der Waals surface area contributed by atoms with Crippen molar-refractivity contribution in [2.45, 2.75) is 12.8 Å². The number of rotatable bonds is 1. The summed E-state index contributed by atoms with van der Waals surface area (Å²) in [4.78, 5) is 14.7. The molecule has 3 nitrogen and oxygen atoms in total. The molecule has 0 saturated heterocycles. The van der Waals surface area contributed by atoms with E-state index in [0.717, 1.165) is 17.5 Å². The third-order valence-corrected chi connectivity index (χ3v) is 2.21. The molecule has 0 spiro atoms. The third kappa shape index (κ3) is 1.45. The van der Waals surface area contributed by atoms with Crippen molar-refractivity contribution >= 4 is 12.0 Å². The van der Waals surface area contributed by atoms with E-state index < -0.39 is 5.97 Å². The zero-order valence-electron chi connectivity index (χ0n) is 7.03. The molecule has 1 aromatic rings. The van der Waals surface area contributed by atoms with E-state index in [2.05, 4.69) is 4.98 Å². The molecule has 1 N–H and O–H groups in total. The molecule has 1 aliphatic carbocycles. The predicted octanol–water partition coefficient (Wildman–Crippen LogP) is 1.50. The van der Waals surface area contributed by atoms with Gasteiger partial charge in [0.2, 0.25) is 0 Å². The highest BCUT2D eigenvalue weighted by Crippen LogP contribution is 2.22. The summed E-state index contributed by atoms with van der Waals surface area (Å²) in [7, 11) is 0. The van der Waals surface area contributed by atoms with Gasteiger partial charge in [-0.2, -0.15) is 0 Å². The lowest BCUT2D eigenvalue weighted by atomic mass is 9.94. The summed E-state index contributed by atoms with van der Waals surface area (Å²) in [5.41, 5.74) is 2.60. The van der Waals surface area contributed by atoms with Gasteiger partial charge in [-0.05, 0) is 36.1 Å². The van der Waals surface area contributed by atoms with Crippen LogP contribution in [0, 0.1) is 0 Å². The Morgan fingerprint density at radius 3 is 3.08 bits per heavy atom. The van der Waals surface area contributed by atoms with Gasteiger partial charge in [-0.3, -0.25) is 4.98 Å². The van der Waals surface area contributed by atoms with Gasteiger partial charge in [-0.1, -0.05) is 0 Å². The first-order chi connectivity index (χ1) is 6.27. The number of hydrogen-bond donors (Lipinski definition) is 1. The molecule has 0 amide bonds. The number of pyridine rings is 1. The van der Waals surface area contributed by atoms with E-state index >= 15 is 0 Å². The minimum absolute atomic E-state index is 0.485. The van der Waals surface area contributed by atoms with Crippen LogP contribution in [0.4, 0.5) is 0 Å². The molecular formula is C10H9NO2. The molecule has 13 heavy (non-hydrogen) atoms. The number of fused-ring (bicyclic) bond motifs is 1. The van der Waals surface area contributed by atoms with Crippen molar-refractivity contribution in [1.82, 2.24) is 4.98 Å². The predicted molar refractivity (Wildman–Crippen MR) is 48.2 cm³/mol. The van der Waals surface area contributed by atoms with E-state index in [1.165, 1.54) is 0 Å². The Labute approximate surface area is 75.7 Å². The molecule has 66 valence electrons. The topological polar surface area (TPSA) is 50.2 Å². The van der Waals surface area contributed by atoms with E-state index in [4.69, 9.17) is 5.11 Å².